The third-order valence-electron chi connectivity index (χ3n) is 10.5. The molecule has 5 rings (SSSR count). The number of Topliss-reactive ketones (excluding diaryl/α,β-unsaturated/α-hetero) is 1. The average molecular weight is 728 g/mol. The van der Waals surface area contributed by atoms with Crippen molar-refractivity contribution >= 4 is 46.7 Å². The first-order chi connectivity index (χ1) is 24.2. The van der Waals surface area contributed by atoms with Gasteiger partial charge in [0, 0.05) is 35.9 Å². The minimum Gasteiger partial charge on any atom is -0.496 e. The van der Waals surface area contributed by atoms with Gasteiger partial charge in [-0.1, -0.05) is 76.6 Å². The maximum Gasteiger partial charge on any atom is 0.289 e. The molecule has 1 aromatic rings. The number of carbonyl (C=O) groups excluding carboxylic acids is 5. The Labute approximate surface area is 306 Å². The fourth-order valence-corrected chi connectivity index (χ4v) is 7.68. The van der Waals surface area contributed by atoms with E-state index in [4.69, 9.17) is 21.2 Å². The normalized spacial score (nSPS) is 23.5. The van der Waals surface area contributed by atoms with Crippen molar-refractivity contribution in [2.45, 2.75) is 141 Å². The van der Waals surface area contributed by atoms with Crippen LogP contribution in [0.1, 0.15) is 117 Å². The van der Waals surface area contributed by atoms with Crippen LogP contribution >= 0.6 is 11.6 Å². The number of amides is 4. The molecule has 0 unspecified atom stereocenters. The zero-order valence-corrected chi connectivity index (χ0v) is 31.4. The van der Waals surface area contributed by atoms with Crippen LogP contribution in [0, 0.1) is 11.3 Å². The van der Waals surface area contributed by atoms with E-state index in [1.165, 1.54) is 17.7 Å². The molecule has 3 fully saturated rings. The molecule has 12 nitrogen and oxygen atoms in total. The van der Waals surface area contributed by atoms with Crippen molar-refractivity contribution < 1.29 is 33.5 Å². The fourth-order valence-electron chi connectivity index (χ4n) is 7.51. The van der Waals surface area contributed by atoms with Crippen molar-refractivity contribution in [1.82, 2.24) is 20.9 Å². The summed E-state index contributed by atoms with van der Waals surface area (Å²) >= 11 is 6.33. The van der Waals surface area contributed by atoms with Gasteiger partial charge in [-0.25, -0.2) is 0 Å². The largest absolute Gasteiger partial charge is 0.496 e. The van der Waals surface area contributed by atoms with Gasteiger partial charge in [0.25, 0.3) is 5.91 Å². The predicted octanol–water partition coefficient (Wildman–Crippen LogP) is 4.84. The highest BCUT2D eigenvalue weighted by Crippen LogP contribution is 2.41. The highest BCUT2D eigenvalue weighted by atomic mass is 35.5. The second kappa shape index (κ2) is 16.3. The van der Waals surface area contributed by atoms with Crippen molar-refractivity contribution in [3.05, 3.63) is 28.8 Å². The molecule has 1 saturated heterocycles. The summed E-state index contributed by atoms with van der Waals surface area (Å²) in [5, 5.41) is 13.5. The zero-order valence-electron chi connectivity index (χ0n) is 30.6. The Morgan fingerprint density at radius 2 is 1.76 bits per heavy atom. The van der Waals surface area contributed by atoms with Gasteiger partial charge < -0.3 is 30.4 Å². The first-order valence-corrected chi connectivity index (χ1v) is 18.9. The molecule has 4 aliphatic rings. The van der Waals surface area contributed by atoms with Crippen LogP contribution in [0.15, 0.2) is 23.4 Å². The fraction of sp³-hybridized carbons (Fsp3) is 0.684. The lowest BCUT2D eigenvalue weighted by atomic mass is 9.85. The van der Waals surface area contributed by atoms with Gasteiger partial charge in [0.2, 0.25) is 23.5 Å². The molecule has 3 N–H and O–H groups in total. The highest BCUT2D eigenvalue weighted by molar-refractivity contribution is 6.38. The van der Waals surface area contributed by atoms with E-state index >= 15 is 0 Å². The van der Waals surface area contributed by atoms with Crippen LogP contribution < -0.4 is 20.7 Å². The number of likely N-dealkylation sites (tertiary alicyclic amines) is 1. The number of ether oxygens (including phenoxy) is 1. The average Bonchev–Trinajstić information content (AvgIpc) is 3.77. The van der Waals surface area contributed by atoms with Gasteiger partial charge in [-0.2, -0.15) is 0 Å². The molecule has 280 valence electrons. The summed E-state index contributed by atoms with van der Waals surface area (Å²) < 4.78 is 5.56. The van der Waals surface area contributed by atoms with E-state index in [1.54, 1.807) is 25.3 Å². The number of hydrogen-bond acceptors (Lipinski definition) is 8. The number of oxime groups is 1. The summed E-state index contributed by atoms with van der Waals surface area (Å²) in [6.45, 7) is 7.53. The van der Waals surface area contributed by atoms with Crippen molar-refractivity contribution in [1.29, 1.82) is 0 Å². The maximum absolute atomic E-state index is 14.7. The van der Waals surface area contributed by atoms with Gasteiger partial charge in [-0.15, -0.1) is 0 Å². The lowest BCUT2D eigenvalue weighted by molar-refractivity contribution is -0.145. The Kier molecular flexibility index (Phi) is 12.4. The van der Waals surface area contributed by atoms with Crippen LogP contribution in [0.3, 0.4) is 0 Å². The minimum atomic E-state index is -1.07. The molecule has 2 heterocycles. The molecule has 4 atom stereocenters. The number of rotatable bonds is 13. The van der Waals surface area contributed by atoms with Crippen LogP contribution in [0.25, 0.3) is 0 Å². The molecule has 51 heavy (non-hydrogen) atoms. The van der Waals surface area contributed by atoms with Crippen LogP contribution in [0.5, 0.6) is 5.75 Å². The number of ketones is 1. The van der Waals surface area contributed by atoms with Crippen molar-refractivity contribution in [2.24, 2.45) is 16.5 Å². The van der Waals surface area contributed by atoms with E-state index in [0.29, 0.717) is 34.9 Å². The molecular formula is C38H54ClN5O7. The lowest BCUT2D eigenvalue weighted by Gasteiger charge is -2.36. The summed E-state index contributed by atoms with van der Waals surface area (Å²) in [6.07, 6.45) is 9.66. The predicted molar refractivity (Wildman–Crippen MR) is 193 cm³/mol. The van der Waals surface area contributed by atoms with Crippen LogP contribution in [-0.4, -0.2) is 83.4 Å². The van der Waals surface area contributed by atoms with E-state index in [-0.39, 0.29) is 43.7 Å². The molecule has 0 bridgehead atoms. The third kappa shape index (κ3) is 9.61. The van der Waals surface area contributed by atoms with E-state index < -0.39 is 52.6 Å². The standard InChI is InChI=1S/C38H54ClN5O7/c1-6-11-27(32(46)35(48)40-25-15-16-25)41-34(47)29-21-38(20-28(43-51-38)26-19-24(39)14-17-30(26)50-5)22-44(29)36(49)33(37(2,3)4)42-31(45)18-23-12-9-7-8-10-13-23/h14,17,19,23,25,27,29,33H,6-13,15-16,18,20-22H2,1-5H3,(H,40,48)(H,41,47)(H,42,45)/t27-,29-,33+,38+/m0/s1. The second-order valence-electron chi connectivity index (χ2n) is 15.9. The number of carbonyl (C=O) groups is 5. The molecule has 0 aromatic heterocycles. The summed E-state index contributed by atoms with van der Waals surface area (Å²) in [6, 6.07) is 2.12. The number of benzene rings is 1. The molecule has 2 aliphatic carbocycles. The molecule has 2 saturated carbocycles. The topological polar surface area (TPSA) is 156 Å². The third-order valence-corrected chi connectivity index (χ3v) is 10.7. The summed E-state index contributed by atoms with van der Waals surface area (Å²) in [7, 11) is 1.55. The maximum atomic E-state index is 14.7. The molecule has 4 amide bonds. The molecule has 1 spiro atoms. The first-order valence-electron chi connectivity index (χ1n) is 18.6. The number of halogens is 1. The van der Waals surface area contributed by atoms with Gasteiger partial charge in [-0.05, 0) is 61.6 Å². The first kappa shape index (κ1) is 38.6. The summed E-state index contributed by atoms with van der Waals surface area (Å²) in [4.78, 5) is 75.9. The van der Waals surface area contributed by atoms with E-state index in [2.05, 4.69) is 21.1 Å². The van der Waals surface area contributed by atoms with Crippen molar-refractivity contribution in [3.63, 3.8) is 0 Å². The van der Waals surface area contributed by atoms with Crippen LogP contribution in [0.4, 0.5) is 0 Å². The van der Waals surface area contributed by atoms with Crippen molar-refractivity contribution in [2.75, 3.05) is 13.7 Å². The molecule has 0 radical (unpaired) electrons. The number of hydrogen-bond donors (Lipinski definition) is 3. The number of methoxy groups -OCH3 is 1. The van der Waals surface area contributed by atoms with Gasteiger partial charge >= 0.3 is 0 Å². The Morgan fingerprint density at radius 3 is 2.39 bits per heavy atom. The van der Waals surface area contributed by atoms with Gasteiger partial charge in [0.1, 0.15) is 17.8 Å². The quantitative estimate of drug-likeness (QED) is 0.194. The Bertz CT molecular complexity index is 1510. The Morgan fingerprint density at radius 1 is 1.06 bits per heavy atom. The van der Waals surface area contributed by atoms with Gasteiger partial charge in [0.15, 0.2) is 5.60 Å². The zero-order chi connectivity index (χ0) is 36.9. The highest BCUT2D eigenvalue weighted by Gasteiger charge is 2.56. The monoisotopic (exact) mass is 727 g/mol. The molecule has 1 aromatic carbocycles. The number of nitrogens with zero attached hydrogens (tertiary/aromatic N) is 2. The smallest absolute Gasteiger partial charge is 0.289 e. The lowest BCUT2D eigenvalue weighted by Crippen LogP contribution is -2.59. The van der Waals surface area contributed by atoms with E-state index in [9.17, 15) is 24.0 Å². The molecule has 13 heteroatoms. The number of nitrogens with one attached hydrogen (secondary N) is 3. The van der Waals surface area contributed by atoms with Gasteiger partial charge in [-0.3, -0.25) is 24.0 Å². The van der Waals surface area contributed by atoms with Crippen molar-refractivity contribution in [3.8, 4) is 5.75 Å². The minimum absolute atomic E-state index is 0.0128. The van der Waals surface area contributed by atoms with Gasteiger partial charge in [0.05, 0.1) is 25.4 Å². The second-order valence-corrected chi connectivity index (χ2v) is 16.3. The summed E-state index contributed by atoms with van der Waals surface area (Å²) in [5.41, 5.74) is -0.564. The van der Waals surface area contributed by atoms with Crippen LogP contribution in [-0.2, 0) is 28.8 Å². The molecule has 2 aliphatic heterocycles. The Balaban J connectivity index is 1.40. The van der Waals surface area contributed by atoms with Crippen LogP contribution in [0.2, 0.25) is 5.02 Å². The Hall–Kier alpha value is -3.67. The van der Waals surface area contributed by atoms with E-state index in [1.807, 2.05) is 27.7 Å². The SMILES string of the molecule is CCC[C@H](NC(=O)[C@@H]1C[C@]2(CC(c3cc(Cl)ccc3OC)=NO2)CN1C(=O)[C@@H](NC(=O)CC1CCCCCC1)C(C)(C)C)C(=O)C(=O)NC1CC1. The van der Waals surface area contributed by atoms with E-state index in [0.717, 1.165) is 38.5 Å². The summed E-state index contributed by atoms with van der Waals surface area (Å²) in [5.74, 6) is -1.78. The molecular weight excluding hydrogens is 674 g/mol.